The van der Waals surface area contributed by atoms with Crippen LogP contribution in [-0.4, -0.2) is 51.5 Å². The van der Waals surface area contributed by atoms with Crippen molar-refractivity contribution in [1.29, 1.82) is 0 Å². The molecule has 0 aliphatic carbocycles. The molecule has 2 aliphatic heterocycles. The number of carbonyl (C=O) groups is 1. The fraction of sp³-hybridized carbons (Fsp3) is 0.778. The smallest absolute Gasteiger partial charge is 0.186 e. The Bertz CT molecular complexity index is 260. The fourth-order valence-corrected chi connectivity index (χ4v) is 2.92. The summed E-state index contributed by atoms with van der Waals surface area (Å²) in [6.07, 6.45) is 1.26. The fourth-order valence-electron chi connectivity index (χ4n) is 1.61. The molecule has 2 aliphatic rings. The summed E-state index contributed by atoms with van der Waals surface area (Å²) in [7, 11) is 0. The van der Waals surface area contributed by atoms with Crippen LogP contribution in [0.15, 0.2) is 0 Å². The van der Waals surface area contributed by atoms with E-state index in [4.69, 9.17) is 12.2 Å². The minimum atomic E-state index is 0.213. The number of rotatable bonds is 1. The highest BCUT2D eigenvalue weighted by atomic mass is 32.2. The first-order valence-electron chi connectivity index (χ1n) is 4.88. The normalized spacial score (nSPS) is 21.5. The van der Waals surface area contributed by atoms with Gasteiger partial charge in [-0.1, -0.05) is 11.8 Å². The van der Waals surface area contributed by atoms with Gasteiger partial charge in [0.1, 0.15) is 0 Å². The molecule has 0 aromatic rings. The zero-order chi connectivity index (χ0) is 10.1. The van der Waals surface area contributed by atoms with Crippen LogP contribution in [0.3, 0.4) is 0 Å². The standard InChI is InChI=1S/C9H14N2OS2/c1-7(12)14-8-5-11(6-8)9(13)10-3-2-4-10/h8H,2-6H2,1H3. The molecule has 14 heavy (non-hydrogen) atoms. The highest BCUT2D eigenvalue weighted by Crippen LogP contribution is 2.25. The Labute approximate surface area is 93.8 Å². The van der Waals surface area contributed by atoms with Gasteiger partial charge in [-0.15, -0.1) is 0 Å². The molecule has 3 nitrogen and oxygen atoms in total. The van der Waals surface area contributed by atoms with E-state index in [2.05, 4.69) is 9.80 Å². The van der Waals surface area contributed by atoms with Crippen molar-refractivity contribution in [3.8, 4) is 0 Å². The Morgan fingerprint density at radius 1 is 1.36 bits per heavy atom. The van der Waals surface area contributed by atoms with E-state index in [0.717, 1.165) is 31.3 Å². The van der Waals surface area contributed by atoms with Crippen LogP contribution in [0.2, 0.25) is 0 Å². The molecule has 0 spiro atoms. The van der Waals surface area contributed by atoms with Crippen LogP contribution in [0.4, 0.5) is 0 Å². The first kappa shape index (κ1) is 10.2. The zero-order valence-corrected chi connectivity index (χ0v) is 9.87. The number of likely N-dealkylation sites (tertiary alicyclic amines) is 2. The van der Waals surface area contributed by atoms with E-state index < -0.39 is 0 Å². The van der Waals surface area contributed by atoms with Crippen LogP contribution in [0.5, 0.6) is 0 Å². The molecule has 0 aromatic heterocycles. The zero-order valence-electron chi connectivity index (χ0n) is 8.23. The average Bonchev–Trinajstić information content (AvgIpc) is 1.91. The predicted molar refractivity (Wildman–Crippen MR) is 62.4 cm³/mol. The van der Waals surface area contributed by atoms with Crippen LogP contribution < -0.4 is 0 Å². The number of nitrogens with zero attached hydrogens (tertiary/aromatic N) is 2. The molecule has 0 unspecified atom stereocenters. The van der Waals surface area contributed by atoms with E-state index in [1.54, 1.807) is 6.92 Å². The van der Waals surface area contributed by atoms with Gasteiger partial charge in [0.25, 0.3) is 0 Å². The van der Waals surface area contributed by atoms with Crippen molar-refractivity contribution in [2.45, 2.75) is 18.6 Å². The molecular formula is C9H14N2OS2. The summed E-state index contributed by atoms with van der Waals surface area (Å²) >= 11 is 6.77. The Kier molecular flexibility index (Phi) is 2.97. The average molecular weight is 230 g/mol. The summed E-state index contributed by atoms with van der Waals surface area (Å²) in [5.74, 6) is 0. The lowest BCUT2D eigenvalue weighted by Crippen LogP contribution is -2.59. The first-order chi connectivity index (χ1) is 6.66. The Morgan fingerprint density at radius 3 is 2.43 bits per heavy atom. The highest BCUT2D eigenvalue weighted by molar-refractivity contribution is 8.14. The molecule has 0 saturated carbocycles. The van der Waals surface area contributed by atoms with Gasteiger partial charge in [-0.2, -0.15) is 0 Å². The third-order valence-electron chi connectivity index (χ3n) is 2.58. The summed E-state index contributed by atoms with van der Waals surface area (Å²) in [4.78, 5) is 15.2. The van der Waals surface area contributed by atoms with Crippen LogP contribution in [0.1, 0.15) is 13.3 Å². The number of hydrogen-bond acceptors (Lipinski definition) is 3. The molecule has 2 fully saturated rings. The summed E-state index contributed by atoms with van der Waals surface area (Å²) in [5, 5.41) is 1.66. The van der Waals surface area contributed by atoms with Crippen molar-refractivity contribution in [3.05, 3.63) is 0 Å². The van der Waals surface area contributed by atoms with E-state index in [0.29, 0.717) is 5.25 Å². The van der Waals surface area contributed by atoms with Crippen molar-refractivity contribution in [2.75, 3.05) is 26.2 Å². The molecular weight excluding hydrogens is 216 g/mol. The monoisotopic (exact) mass is 230 g/mol. The summed E-state index contributed by atoms with van der Waals surface area (Å²) in [6, 6.07) is 0. The van der Waals surface area contributed by atoms with Crippen molar-refractivity contribution in [3.63, 3.8) is 0 Å². The third kappa shape index (κ3) is 2.03. The lowest BCUT2D eigenvalue weighted by atomic mass is 10.2. The second-order valence-corrected chi connectivity index (χ2v) is 5.60. The van der Waals surface area contributed by atoms with E-state index >= 15 is 0 Å². The second-order valence-electron chi connectivity index (χ2n) is 3.76. The predicted octanol–water partition coefficient (Wildman–Crippen LogP) is 0.941. The van der Waals surface area contributed by atoms with E-state index in [9.17, 15) is 4.79 Å². The molecule has 2 rings (SSSR count). The number of hydrogen-bond donors (Lipinski definition) is 0. The minimum absolute atomic E-state index is 0.213. The maximum absolute atomic E-state index is 10.8. The lowest BCUT2D eigenvalue weighted by Gasteiger charge is -2.46. The van der Waals surface area contributed by atoms with Gasteiger partial charge in [-0.25, -0.2) is 0 Å². The molecule has 5 heteroatoms. The molecule has 0 aromatic carbocycles. The SMILES string of the molecule is CC(=O)SC1CN(C(=S)N2CCC2)C1. The molecule has 2 heterocycles. The van der Waals surface area contributed by atoms with Gasteiger partial charge >= 0.3 is 0 Å². The van der Waals surface area contributed by atoms with Crippen molar-refractivity contribution in [2.24, 2.45) is 0 Å². The highest BCUT2D eigenvalue weighted by Gasteiger charge is 2.33. The van der Waals surface area contributed by atoms with Gasteiger partial charge in [0.05, 0.1) is 0 Å². The van der Waals surface area contributed by atoms with Gasteiger partial charge in [0, 0.05) is 38.4 Å². The lowest BCUT2D eigenvalue weighted by molar-refractivity contribution is -0.109. The molecule has 0 radical (unpaired) electrons. The van der Waals surface area contributed by atoms with Gasteiger partial charge < -0.3 is 9.80 Å². The van der Waals surface area contributed by atoms with E-state index in [1.165, 1.54) is 18.2 Å². The minimum Gasteiger partial charge on any atom is -0.349 e. The number of thioether (sulfide) groups is 1. The maximum Gasteiger partial charge on any atom is 0.186 e. The largest absolute Gasteiger partial charge is 0.349 e. The van der Waals surface area contributed by atoms with Crippen molar-refractivity contribution >= 4 is 34.2 Å². The van der Waals surface area contributed by atoms with Crippen molar-refractivity contribution in [1.82, 2.24) is 9.80 Å². The summed E-state index contributed by atoms with van der Waals surface area (Å²) < 4.78 is 0. The van der Waals surface area contributed by atoms with Gasteiger partial charge in [-0.3, -0.25) is 4.79 Å². The summed E-state index contributed by atoms with van der Waals surface area (Å²) in [6.45, 7) is 5.74. The van der Waals surface area contributed by atoms with E-state index in [-0.39, 0.29) is 5.12 Å². The Balaban J connectivity index is 1.71. The summed E-state index contributed by atoms with van der Waals surface area (Å²) in [5.41, 5.74) is 0. The van der Waals surface area contributed by atoms with Crippen LogP contribution in [-0.2, 0) is 4.79 Å². The van der Waals surface area contributed by atoms with Gasteiger partial charge in [0.2, 0.25) is 0 Å². The Morgan fingerprint density at radius 2 is 2.00 bits per heavy atom. The van der Waals surface area contributed by atoms with Crippen molar-refractivity contribution < 1.29 is 4.79 Å². The van der Waals surface area contributed by atoms with E-state index in [1.807, 2.05) is 0 Å². The quantitative estimate of drug-likeness (QED) is 0.624. The molecule has 0 bridgehead atoms. The van der Waals surface area contributed by atoms with Gasteiger partial charge in [-0.05, 0) is 18.6 Å². The molecule has 78 valence electrons. The molecule has 0 amide bonds. The van der Waals surface area contributed by atoms with Crippen LogP contribution in [0.25, 0.3) is 0 Å². The third-order valence-corrected chi connectivity index (χ3v) is 4.06. The number of thiocarbonyl (C=S) groups is 1. The molecule has 2 saturated heterocycles. The van der Waals surface area contributed by atoms with Crippen LogP contribution >= 0.6 is 24.0 Å². The first-order valence-corrected chi connectivity index (χ1v) is 6.16. The maximum atomic E-state index is 10.8. The number of carbonyl (C=O) groups excluding carboxylic acids is 1. The second kappa shape index (κ2) is 4.06. The van der Waals surface area contributed by atoms with Crippen LogP contribution in [0, 0.1) is 0 Å². The topological polar surface area (TPSA) is 23.6 Å². The van der Waals surface area contributed by atoms with Gasteiger partial charge in [0.15, 0.2) is 10.2 Å². The molecule has 0 atom stereocenters. The Hall–Kier alpha value is -0.290. The molecule has 0 N–H and O–H groups in total.